The first kappa shape index (κ1) is 68.6. The lowest BCUT2D eigenvalue weighted by atomic mass is 9.80. The van der Waals surface area contributed by atoms with Gasteiger partial charge in [0.05, 0.1) is 54.9 Å². The van der Waals surface area contributed by atoms with Gasteiger partial charge in [-0.05, 0) is 77.4 Å². The maximum Gasteiger partial charge on any atom is 0.331 e. The molecule has 0 aromatic carbocycles. The Morgan fingerprint density at radius 1 is 0.568 bits per heavy atom. The number of carbonyl (C=O) groups excluding carboxylic acids is 2. The molecule has 4 saturated heterocycles. The topological polar surface area (TPSA) is 290 Å². The Bertz CT molecular complexity index is 2150. The van der Waals surface area contributed by atoms with Crippen LogP contribution in [0.3, 0.4) is 0 Å². The van der Waals surface area contributed by atoms with Crippen molar-refractivity contribution in [3.63, 3.8) is 0 Å². The fourth-order valence-electron chi connectivity index (χ4n) is 12.4. The van der Waals surface area contributed by atoms with Crippen LogP contribution < -0.4 is 0 Å². The van der Waals surface area contributed by atoms with E-state index in [1.54, 1.807) is 46.8 Å². The van der Waals surface area contributed by atoms with E-state index in [2.05, 4.69) is 0 Å². The van der Waals surface area contributed by atoms with Gasteiger partial charge in [-0.15, -0.1) is 0 Å². The summed E-state index contributed by atoms with van der Waals surface area (Å²) >= 11 is 0. The first-order valence-electron chi connectivity index (χ1n) is 30.0. The lowest BCUT2D eigenvalue weighted by Gasteiger charge is -2.48. The smallest absolute Gasteiger partial charge is 0.331 e. The number of carbonyl (C=O) groups is 2. The van der Waals surface area contributed by atoms with Crippen LogP contribution in [0.25, 0.3) is 0 Å². The van der Waals surface area contributed by atoms with Gasteiger partial charge in [-0.1, -0.05) is 104 Å². The van der Waals surface area contributed by atoms with Crippen LogP contribution in [-0.4, -0.2) is 174 Å². The molecule has 0 radical (unpaired) electrons. The molecular formula is C62H100O19. The number of hydrogen-bond donors (Lipinski definition) is 9. The van der Waals surface area contributed by atoms with Crippen molar-refractivity contribution in [2.45, 2.75) is 269 Å². The van der Waals surface area contributed by atoms with Gasteiger partial charge in [-0.25, -0.2) is 9.59 Å². The van der Waals surface area contributed by atoms with E-state index in [9.17, 15) is 55.5 Å². The van der Waals surface area contributed by atoms with Crippen LogP contribution in [0.2, 0.25) is 0 Å². The predicted molar refractivity (Wildman–Crippen MR) is 301 cm³/mol. The number of esters is 2. The monoisotopic (exact) mass is 1150 g/mol. The highest BCUT2D eigenvalue weighted by Gasteiger charge is 2.52. The van der Waals surface area contributed by atoms with Crippen molar-refractivity contribution in [3.05, 3.63) is 71.9 Å². The Labute approximate surface area is 480 Å². The molecule has 0 amide bonds. The minimum atomic E-state index is -1.93. The van der Waals surface area contributed by atoms with E-state index in [4.69, 9.17) is 37.9 Å². The number of aliphatic hydroxyl groups is 9. The SMILES string of the molecule is CCC1=C/C=C/C(CC)C(C(C)C(O)CC2(O)CC(OC3CC(O)C(O)C(C)O3)C(CC)C(C)O2)OC(=O)/C=C/C(CC)=C/C=C/C(CC)C(C(C)C(O)CC2(O)CC(OC3OC(C)C(O)C(O)C3O)C(CC)C(C)O2)OC(=O)/C=C\1. The maximum absolute atomic E-state index is 13.9. The van der Waals surface area contributed by atoms with Gasteiger partial charge in [-0.3, -0.25) is 0 Å². The van der Waals surface area contributed by atoms with Crippen molar-refractivity contribution in [3.8, 4) is 0 Å². The normalized spacial score (nSPS) is 44.1. The van der Waals surface area contributed by atoms with Gasteiger partial charge in [0.15, 0.2) is 24.2 Å². The summed E-state index contributed by atoms with van der Waals surface area (Å²) in [6.45, 7) is 22.0. The van der Waals surface area contributed by atoms with Gasteiger partial charge in [0.1, 0.15) is 36.6 Å². The third kappa shape index (κ3) is 18.4. The molecule has 462 valence electrons. The van der Waals surface area contributed by atoms with Crippen LogP contribution in [0.15, 0.2) is 71.9 Å². The molecule has 81 heavy (non-hydrogen) atoms. The van der Waals surface area contributed by atoms with Gasteiger partial charge in [0.2, 0.25) is 0 Å². The molecule has 0 aromatic rings. The predicted octanol–water partition coefficient (Wildman–Crippen LogP) is 6.05. The highest BCUT2D eigenvalue weighted by atomic mass is 16.7. The van der Waals surface area contributed by atoms with Gasteiger partial charge >= 0.3 is 11.9 Å². The van der Waals surface area contributed by atoms with E-state index < -0.39 is 151 Å². The minimum Gasteiger partial charge on any atom is -0.458 e. The molecule has 4 fully saturated rings. The molecule has 5 aliphatic heterocycles. The van der Waals surface area contributed by atoms with Crippen molar-refractivity contribution in [1.82, 2.24) is 0 Å². The number of ether oxygens (including phenoxy) is 8. The number of cyclic esters (lactones) is 2. The maximum atomic E-state index is 13.9. The van der Waals surface area contributed by atoms with E-state index in [1.807, 2.05) is 84.9 Å². The van der Waals surface area contributed by atoms with Crippen molar-refractivity contribution in [2.24, 2.45) is 35.5 Å². The summed E-state index contributed by atoms with van der Waals surface area (Å²) in [5.41, 5.74) is 1.52. The second-order valence-electron chi connectivity index (χ2n) is 23.5. The second-order valence-corrected chi connectivity index (χ2v) is 23.5. The Hall–Kier alpha value is -3.22. The summed E-state index contributed by atoms with van der Waals surface area (Å²) in [5, 5.41) is 101. The Balaban J connectivity index is 1.38. The molecule has 0 aromatic heterocycles. The van der Waals surface area contributed by atoms with E-state index in [1.165, 1.54) is 12.2 Å². The number of allylic oxidation sites excluding steroid dienone is 8. The van der Waals surface area contributed by atoms with Crippen molar-refractivity contribution < 1.29 is 93.4 Å². The summed E-state index contributed by atoms with van der Waals surface area (Å²) < 4.78 is 49.3. The van der Waals surface area contributed by atoms with E-state index >= 15 is 0 Å². The average Bonchev–Trinajstić information content (AvgIpc) is 3.40. The average molecular weight is 1150 g/mol. The summed E-state index contributed by atoms with van der Waals surface area (Å²) in [4.78, 5) is 27.8. The summed E-state index contributed by atoms with van der Waals surface area (Å²) in [6.07, 6.45) is 2.96. The molecule has 0 aliphatic carbocycles. The summed E-state index contributed by atoms with van der Waals surface area (Å²) in [6, 6.07) is 0. The molecule has 19 heteroatoms. The Morgan fingerprint density at radius 2 is 1.00 bits per heavy atom. The number of aliphatic hydroxyl groups excluding tert-OH is 7. The van der Waals surface area contributed by atoms with Crippen LogP contribution in [0.5, 0.6) is 0 Å². The molecule has 25 atom stereocenters. The molecule has 9 N–H and O–H groups in total. The lowest BCUT2D eigenvalue weighted by Crippen LogP contribution is -2.60. The summed E-state index contributed by atoms with van der Waals surface area (Å²) in [5.74, 6) is -7.80. The first-order valence-corrected chi connectivity index (χ1v) is 30.0. The van der Waals surface area contributed by atoms with E-state index in [0.29, 0.717) is 38.5 Å². The third-order valence-electron chi connectivity index (χ3n) is 17.7. The van der Waals surface area contributed by atoms with E-state index in [0.717, 1.165) is 11.1 Å². The molecule has 5 heterocycles. The first-order chi connectivity index (χ1) is 38.2. The highest BCUT2D eigenvalue weighted by molar-refractivity contribution is 5.83. The quantitative estimate of drug-likeness (QED) is 0.0706. The summed E-state index contributed by atoms with van der Waals surface area (Å²) in [7, 11) is 0. The van der Waals surface area contributed by atoms with Gasteiger partial charge in [-0.2, -0.15) is 0 Å². The van der Waals surface area contributed by atoms with Crippen molar-refractivity contribution in [1.29, 1.82) is 0 Å². The Morgan fingerprint density at radius 3 is 1.41 bits per heavy atom. The van der Waals surface area contributed by atoms with Crippen LogP contribution >= 0.6 is 0 Å². The molecule has 5 aliphatic rings. The molecule has 19 nitrogen and oxygen atoms in total. The van der Waals surface area contributed by atoms with Crippen LogP contribution in [0, 0.1) is 35.5 Å². The molecule has 0 saturated carbocycles. The zero-order chi connectivity index (χ0) is 60.1. The zero-order valence-corrected chi connectivity index (χ0v) is 49.9. The molecule has 5 rings (SSSR count). The zero-order valence-electron chi connectivity index (χ0n) is 49.9. The standard InChI is InChI=1S/C62H100O19/c1-13-40-21-19-23-42(15-3)58(34(7)47(64)30-61(72)32-49(44(17-5)36(9)80-61)76-53-29-46(63)54(68)38(11)74-53)78-51(66)27-25-41(14-2)22-20-24-43(16-4)59(79-52(67)28-26-40)35(8)48(65)31-62(73)33-50(45(18-6)37(10)81-62)77-60-57(71)56(70)55(69)39(12)75-60/h19-28,34-39,42-50,53-60,63-65,68-73H,13-18,29-33H2,1-12H3/b23-19+,24-20+,27-25+,28-26-,40-21-,41-22+. The number of rotatable bonds is 18. The molecule has 0 bridgehead atoms. The minimum absolute atomic E-state index is 0.00838. The lowest BCUT2D eigenvalue weighted by molar-refractivity contribution is -0.346. The van der Waals surface area contributed by atoms with Crippen LogP contribution in [0.1, 0.15) is 154 Å². The molecule has 0 spiro atoms. The van der Waals surface area contributed by atoms with Gasteiger partial charge in [0.25, 0.3) is 0 Å². The fourth-order valence-corrected chi connectivity index (χ4v) is 12.4. The molecule has 25 unspecified atom stereocenters. The van der Waals surface area contributed by atoms with Crippen molar-refractivity contribution >= 4 is 11.9 Å². The highest BCUT2D eigenvalue weighted by Crippen LogP contribution is 2.43. The van der Waals surface area contributed by atoms with Crippen LogP contribution in [0.4, 0.5) is 0 Å². The number of hydrogen-bond acceptors (Lipinski definition) is 19. The van der Waals surface area contributed by atoms with Gasteiger partial charge in [0, 0.05) is 79.8 Å². The molecular weight excluding hydrogens is 1050 g/mol. The second kappa shape index (κ2) is 31.3. The fraction of sp³-hybridized carbons (Fsp3) is 0.774. The van der Waals surface area contributed by atoms with Crippen LogP contribution in [-0.2, 0) is 47.5 Å². The van der Waals surface area contributed by atoms with Crippen molar-refractivity contribution in [2.75, 3.05) is 0 Å². The third-order valence-corrected chi connectivity index (χ3v) is 17.7. The van der Waals surface area contributed by atoms with Gasteiger partial charge < -0.3 is 83.9 Å². The Kier molecular flexibility index (Phi) is 26.5. The van der Waals surface area contributed by atoms with E-state index in [-0.39, 0.29) is 43.9 Å². The largest absolute Gasteiger partial charge is 0.458 e.